The van der Waals surface area contributed by atoms with Gasteiger partial charge in [0.05, 0.1) is 31.5 Å². The minimum atomic E-state index is -0.405. The van der Waals surface area contributed by atoms with Gasteiger partial charge in [-0.05, 0) is 19.1 Å². The van der Waals surface area contributed by atoms with Gasteiger partial charge in [0.15, 0.2) is 5.13 Å². The van der Waals surface area contributed by atoms with Crippen molar-refractivity contribution < 1.29 is 18.7 Å². The Morgan fingerprint density at radius 2 is 2.29 bits per heavy atom. The maximum atomic E-state index is 13.7. The number of anilines is 2. The highest BCUT2D eigenvalue weighted by molar-refractivity contribution is 7.13. The van der Waals surface area contributed by atoms with Gasteiger partial charge in [0.25, 0.3) is 0 Å². The first-order valence-corrected chi connectivity index (χ1v) is 7.21. The Balaban J connectivity index is 2.07. The van der Waals surface area contributed by atoms with Gasteiger partial charge in [-0.1, -0.05) is 0 Å². The van der Waals surface area contributed by atoms with E-state index in [4.69, 9.17) is 9.47 Å². The van der Waals surface area contributed by atoms with Crippen LogP contribution in [0.2, 0.25) is 0 Å². The monoisotopic (exact) mass is 310 g/mol. The number of hydrogen-bond donors (Lipinski definition) is 1. The van der Waals surface area contributed by atoms with Gasteiger partial charge in [-0.2, -0.15) is 0 Å². The summed E-state index contributed by atoms with van der Waals surface area (Å²) in [5.41, 5.74) is 0.857. The topological polar surface area (TPSA) is 60.5 Å². The number of halogens is 1. The number of carbonyl (C=O) groups is 1. The average Bonchev–Trinajstić information content (AvgIpc) is 2.88. The Morgan fingerprint density at radius 3 is 3.00 bits per heavy atom. The fraction of sp³-hybridized carbons (Fsp3) is 0.286. The summed E-state index contributed by atoms with van der Waals surface area (Å²) in [6.45, 7) is 2.08. The first-order chi connectivity index (χ1) is 10.1. The van der Waals surface area contributed by atoms with Gasteiger partial charge in [-0.15, -0.1) is 11.3 Å². The Bertz CT molecular complexity index is 630. The number of esters is 1. The quantitative estimate of drug-likeness (QED) is 0.831. The summed E-state index contributed by atoms with van der Waals surface area (Å²) in [5.74, 6) is -0.193. The number of methoxy groups -OCH3 is 1. The number of nitrogens with one attached hydrogen (secondary N) is 1. The zero-order valence-electron chi connectivity index (χ0n) is 11.7. The van der Waals surface area contributed by atoms with Gasteiger partial charge in [-0.25, -0.2) is 9.37 Å². The van der Waals surface area contributed by atoms with Gasteiger partial charge in [0.1, 0.15) is 11.6 Å². The molecule has 0 saturated heterocycles. The van der Waals surface area contributed by atoms with Crippen LogP contribution in [0, 0.1) is 5.82 Å². The lowest BCUT2D eigenvalue weighted by Gasteiger charge is -2.06. The summed E-state index contributed by atoms with van der Waals surface area (Å²) < 4.78 is 23.6. The van der Waals surface area contributed by atoms with Crippen molar-refractivity contribution in [3.63, 3.8) is 0 Å². The van der Waals surface area contributed by atoms with E-state index >= 15 is 0 Å². The third-order valence-electron chi connectivity index (χ3n) is 2.60. The molecule has 7 heteroatoms. The van der Waals surface area contributed by atoms with Gasteiger partial charge in [-0.3, -0.25) is 4.79 Å². The van der Waals surface area contributed by atoms with Crippen molar-refractivity contribution in [2.45, 2.75) is 13.3 Å². The molecular formula is C14H15FN2O3S. The van der Waals surface area contributed by atoms with Crippen LogP contribution >= 0.6 is 11.3 Å². The largest absolute Gasteiger partial charge is 0.497 e. The van der Waals surface area contributed by atoms with Crippen molar-refractivity contribution in [2.75, 3.05) is 19.0 Å². The van der Waals surface area contributed by atoms with Crippen LogP contribution in [0.4, 0.5) is 15.2 Å². The number of rotatable bonds is 6. The summed E-state index contributed by atoms with van der Waals surface area (Å²) in [6, 6.07) is 4.39. The fourth-order valence-corrected chi connectivity index (χ4v) is 2.37. The second-order valence-corrected chi connectivity index (χ2v) is 4.95. The predicted octanol–water partition coefficient (Wildman–Crippen LogP) is 3.14. The normalized spacial score (nSPS) is 10.2. The summed E-state index contributed by atoms with van der Waals surface area (Å²) >= 11 is 1.29. The van der Waals surface area contributed by atoms with E-state index in [1.807, 2.05) is 0 Å². The molecule has 0 bridgehead atoms. The molecule has 1 heterocycles. The first kappa shape index (κ1) is 15.2. The molecule has 1 N–H and O–H groups in total. The van der Waals surface area contributed by atoms with Crippen LogP contribution in [0.25, 0.3) is 0 Å². The Labute approximate surface area is 125 Å². The lowest BCUT2D eigenvalue weighted by Crippen LogP contribution is -2.07. The number of benzene rings is 1. The van der Waals surface area contributed by atoms with Crippen LogP contribution < -0.4 is 10.1 Å². The van der Waals surface area contributed by atoms with Crippen molar-refractivity contribution in [3.8, 4) is 5.75 Å². The molecule has 0 aliphatic heterocycles. The highest BCUT2D eigenvalue weighted by atomic mass is 32.1. The van der Waals surface area contributed by atoms with Crippen LogP contribution in [0.1, 0.15) is 12.6 Å². The molecule has 2 rings (SSSR count). The number of ether oxygens (including phenoxy) is 2. The zero-order chi connectivity index (χ0) is 15.2. The Morgan fingerprint density at radius 1 is 1.48 bits per heavy atom. The van der Waals surface area contributed by atoms with Crippen LogP contribution in [0.3, 0.4) is 0 Å². The van der Waals surface area contributed by atoms with E-state index in [-0.39, 0.29) is 18.1 Å². The lowest BCUT2D eigenvalue weighted by molar-refractivity contribution is -0.142. The van der Waals surface area contributed by atoms with Crippen molar-refractivity contribution in [3.05, 3.63) is 35.1 Å². The van der Waals surface area contributed by atoms with E-state index in [1.54, 1.807) is 18.4 Å². The fourth-order valence-electron chi connectivity index (χ4n) is 1.65. The van der Waals surface area contributed by atoms with E-state index in [0.717, 1.165) is 0 Å². The smallest absolute Gasteiger partial charge is 0.311 e. The maximum absolute atomic E-state index is 13.7. The predicted molar refractivity (Wildman–Crippen MR) is 78.7 cm³/mol. The first-order valence-electron chi connectivity index (χ1n) is 6.33. The number of nitrogens with zero attached hydrogens (tertiary/aromatic N) is 1. The van der Waals surface area contributed by atoms with Gasteiger partial charge in [0.2, 0.25) is 0 Å². The third kappa shape index (κ3) is 4.16. The summed E-state index contributed by atoms with van der Waals surface area (Å²) in [4.78, 5) is 15.6. The average molecular weight is 310 g/mol. The van der Waals surface area contributed by atoms with Gasteiger partial charge in [0, 0.05) is 11.4 Å². The summed E-state index contributed by atoms with van der Waals surface area (Å²) in [7, 11) is 1.51. The molecule has 5 nitrogen and oxygen atoms in total. The molecular weight excluding hydrogens is 295 g/mol. The second-order valence-electron chi connectivity index (χ2n) is 4.10. The molecule has 0 atom stereocenters. The molecule has 0 radical (unpaired) electrons. The number of carbonyl (C=O) groups excluding carboxylic acids is 1. The summed E-state index contributed by atoms with van der Waals surface area (Å²) in [6.07, 6.45) is 0.104. The molecule has 112 valence electrons. The van der Waals surface area contributed by atoms with Crippen molar-refractivity contribution in [1.82, 2.24) is 4.98 Å². The molecule has 1 aromatic heterocycles. The molecule has 2 aromatic rings. The number of hydrogen-bond acceptors (Lipinski definition) is 6. The molecule has 1 aromatic carbocycles. The molecule has 0 aliphatic rings. The lowest BCUT2D eigenvalue weighted by atomic mass is 10.3. The minimum absolute atomic E-state index is 0.104. The van der Waals surface area contributed by atoms with Crippen LogP contribution in [-0.4, -0.2) is 24.7 Å². The van der Waals surface area contributed by atoms with Crippen molar-refractivity contribution in [1.29, 1.82) is 0 Å². The second kappa shape index (κ2) is 7.03. The standard InChI is InChI=1S/C14H15FN2O3S/c1-3-20-13(18)6-9-8-21-14(16-9)17-12-7-10(19-2)4-5-11(12)15/h4-5,7-8H,3,6H2,1-2H3,(H,16,17). The third-order valence-corrected chi connectivity index (χ3v) is 3.40. The highest BCUT2D eigenvalue weighted by Gasteiger charge is 2.10. The van der Waals surface area contributed by atoms with Crippen LogP contribution in [-0.2, 0) is 16.0 Å². The zero-order valence-corrected chi connectivity index (χ0v) is 12.5. The van der Waals surface area contributed by atoms with Crippen molar-refractivity contribution >= 4 is 28.1 Å². The van der Waals surface area contributed by atoms with Gasteiger partial charge >= 0.3 is 5.97 Å². The van der Waals surface area contributed by atoms with E-state index in [2.05, 4.69) is 10.3 Å². The molecule has 21 heavy (non-hydrogen) atoms. The molecule has 0 amide bonds. The maximum Gasteiger partial charge on any atom is 0.311 e. The minimum Gasteiger partial charge on any atom is -0.497 e. The van der Waals surface area contributed by atoms with Crippen molar-refractivity contribution in [2.24, 2.45) is 0 Å². The van der Waals surface area contributed by atoms with Gasteiger partial charge < -0.3 is 14.8 Å². The van der Waals surface area contributed by atoms with E-state index < -0.39 is 5.82 Å². The molecule has 0 fully saturated rings. The number of thiazole rings is 1. The number of aromatic nitrogens is 1. The van der Waals surface area contributed by atoms with Crippen LogP contribution in [0.5, 0.6) is 5.75 Å². The molecule has 0 saturated carbocycles. The SMILES string of the molecule is CCOC(=O)Cc1csc(Nc2cc(OC)ccc2F)n1. The summed E-state index contributed by atoms with van der Waals surface area (Å²) in [5, 5.41) is 5.11. The highest BCUT2D eigenvalue weighted by Crippen LogP contribution is 2.26. The Kier molecular flexibility index (Phi) is 5.10. The Hall–Kier alpha value is -2.15. The van der Waals surface area contributed by atoms with Crippen LogP contribution in [0.15, 0.2) is 23.6 Å². The van der Waals surface area contributed by atoms with E-state index in [9.17, 15) is 9.18 Å². The molecule has 0 aliphatic carbocycles. The molecule has 0 spiro atoms. The van der Waals surface area contributed by atoms with E-state index in [1.165, 1.54) is 30.6 Å². The van der Waals surface area contributed by atoms with E-state index in [0.29, 0.717) is 23.2 Å². The molecule has 0 unspecified atom stereocenters.